The molecule has 0 aliphatic carbocycles. The van der Waals surface area contributed by atoms with E-state index < -0.39 is 41.4 Å². The number of amides is 3. The maximum absolute atomic E-state index is 12.9. The van der Waals surface area contributed by atoms with Crippen LogP contribution in [0.4, 0.5) is 18.0 Å². The molecule has 36 heavy (non-hydrogen) atoms. The van der Waals surface area contributed by atoms with Gasteiger partial charge in [0.15, 0.2) is 0 Å². The Bertz CT molecular complexity index is 1130. The van der Waals surface area contributed by atoms with Gasteiger partial charge in [0.05, 0.1) is 0 Å². The van der Waals surface area contributed by atoms with E-state index in [-0.39, 0.29) is 25.3 Å². The Hall–Kier alpha value is -3.21. The minimum Gasteiger partial charge on any atom is -0.444 e. The molecule has 0 unspecified atom stereocenters. The molecule has 0 spiro atoms. The van der Waals surface area contributed by atoms with Gasteiger partial charge >= 0.3 is 12.3 Å². The second-order valence-electron chi connectivity index (χ2n) is 9.43. The summed E-state index contributed by atoms with van der Waals surface area (Å²) in [7, 11) is 0. The first kappa shape index (κ1) is 27.4. The summed E-state index contributed by atoms with van der Waals surface area (Å²) >= 11 is 6.11. The third-order valence-electron chi connectivity index (χ3n) is 5.48. The Kier molecular flexibility index (Phi) is 8.22. The number of H-pyrrole nitrogens is 1. The summed E-state index contributed by atoms with van der Waals surface area (Å²) in [6.45, 7) is 5.71. The lowest BCUT2D eigenvalue weighted by Gasteiger charge is -2.24. The number of hydrogen-bond acceptors (Lipinski definition) is 4. The number of carbonyl (C=O) groups is 3. The summed E-state index contributed by atoms with van der Waals surface area (Å²) < 4.78 is 43.9. The number of hydrogen-bond donors (Lipinski definition) is 3. The van der Waals surface area contributed by atoms with E-state index in [1.807, 2.05) is 0 Å². The van der Waals surface area contributed by atoms with Crippen LogP contribution in [0.3, 0.4) is 0 Å². The van der Waals surface area contributed by atoms with Gasteiger partial charge in [-0.1, -0.05) is 17.7 Å². The first-order valence-corrected chi connectivity index (χ1v) is 11.7. The van der Waals surface area contributed by atoms with Crippen molar-refractivity contribution in [2.75, 3.05) is 6.54 Å². The van der Waals surface area contributed by atoms with Gasteiger partial charge in [-0.25, -0.2) is 4.79 Å². The van der Waals surface area contributed by atoms with Crippen molar-refractivity contribution in [3.63, 3.8) is 0 Å². The molecule has 3 N–H and O–H groups in total. The minimum absolute atomic E-state index is 0.0734. The predicted octanol–water partition coefficient (Wildman–Crippen LogP) is 4.63. The Morgan fingerprint density at radius 1 is 1.08 bits per heavy atom. The molecule has 1 fully saturated rings. The van der Waals surface area contributed by atoms with Crippen LogP contribution < -0.4 is 10.6 Å². The SMILES string of the molecule is CC(C)(C)OC(=O)NCc1ccc(Cl)cc1CNC(=O)[C@@H]1CCCN1C(=O)c1ccc(C(F)(F)F)[nH]1. The molecule has 1 aliphatic heterocycles. The fourth-order valence-electron chi connectivity index (χ4n) is 3.84. The van der Waals surface area contributed by atoms with Crippen LogP contribution in [0, 0.1) is 0 Å². The molecule has 8 nitrogen and oxygen atoms in total. The molecule has 1 aromatic carbocycles. The highest BCUT2D eigenvalue weighted by Gasteiger charge is 2.37. The van der Waals surface area contributed by atoms with Crippen LogP contribution in [0.1, 0.15) is 60.9 Å². The Morgan fingerprint density at radius 3 is 2.42 bits per heavy atom. The number of aromatic nitrogens is 1. The molecule has 0 radical (unpaired) electrons. The van der Waals surface area contributed by atoms with Gasteiger partial charge in [0.25, 0.3) is 5.91 Å². The van der Waals surface area contributed by atoms with Gasteiger partial charge in [0.2, 0.25) is 5.91 Å². The van der Waals surface area contributed by atoms with Crippen LogP contribution in [0.15, 0.2) is 30.3 Å². The normalized spacial score (nSPS) is 16.1. The van der Waals surface area contributed by atoms with Crippen molar-refractivity contribution >= 4 is 29.5 Å². The molecule has 3 rings (SSSR count). The summed E-state index contributed by atoms with van der Waals surface area (Å²) in [6.07, 6.45) is -4.27. The zero-order chi connectivity index (χ0) is 26.7. The molecule has 0 bridgehead atoms. The van der Waals surface area contributed by atoms with Crippen molar-refractivity contribution in [2.45, 2.75) is 64.5 Å². The Balaban J connectivity index is 1.64. The fraction of sp³-hybridized carbons (Fsp3) is 0.458. The monoisotopic (exact) mass is 528 g/mol. The summed E-state index contributed by atoms with van der Waals surface area (Å²) in [5, 5.41) is 5.87. The van der Waals surface area contributed by atoms with Gasteiger partial charge in [-0.05, 0) is 69.0 Å². The molecule has 1 aliphatic rings. The van der Waals surface area contributed by atoms with Crippen LogP contribution in [0.2, 0.25) is 5.02 Å². The van der Waals surface area contributed by atoms with Crippen LogP contribution in [0.5, 0.6) is 0 Å². The number of aromatic amines is 1. The lowest BCUT2D eigenvalue weighted by atomic mass is 10.1. The maximum Gasteiger partial charge on any atom is 0.431 e. The number of carbonyl (C=O) groups excluding carboxylic acids is 3. The zero-order valence-corrected chi connectivity index (χ0v) is 20.8. The van der Waals surface area contributed by atoms with Crippen LogP contribution >= 0.6 is 11.6 Å². The smallest absolute Gasteiger partial charge is 0.431 e. The van der Waals surface area contributed by atoms with E-state index in [4.69, 9.17) is 16.3 Å². The molecule has 1 atom stereocenters. The molecule has 1 saturated heterocycles. The van der Waals surface area contributed by atoms with Gasteiger partial charge in [-0.2, -0.15) is 13.2 Å². The maximum atomic E-state index is 12.9. The van der Waals surface area contributed by atoms with E-state index in [2.05, 4.69) is 15.6 Å². The Labute approximate surface area is 211 Å². The van der Waals surface area contributed by atoms with E-state index in [1.165, 1.54) is 4.90 Å². The molecule has 1 aromatic heterocycles. The number of rotatable bonds is 6. The number of benzene rings is 1. The van der Waals surface area contributed by atoms with Gasteiger partial charge in [0.1, 0.15) is 23.0 Å². The van der Waals surface area contributed by atoms with Gasteiger partial charge < -0.3 is 25.3 Å². The average Bonchev–Trinajstić information content (AvgIpc) is 3.45. The Morgan fingerprint density at radius 2 is 1.78 bits per heavy atom. The quantitative estimate of drug-likeness (QED) is 0.508. The first-order valence-electron chi connectivity index (χ1n) is 11.3. The highest BCUT2D eigenvalue weighted by Crippen LogP contribution is 2.29. The molecule has 196 valence electrons. The third kappa shape index (κ3) is 7.16. The summed E-state index contributed by atoms with van der Waals surface area (Å²) in [6, 6.07) is 6.07. The van der Waals surface area contributed by atoms with Crippen molar-refractivity contribution in [2.24, 2.45) is 0 Å². The predicted molar refractivity (Wildman–Crippen MR) is 126 cm³/mol. The largest absolute Gasteiger partial charge is 0.444 e. The van der Waals surface area contributed by atoms with Crippen LogP contribution in [0.25, 0.3) is 0 Å². The first-order chi connectivity index (χ1) is 16.7. The van der Waals surface area contributed by atoms with Crippen molar-refractivity contribution in [3.05, 3.63) is 57.9 Å². The average molecular weight is 529 g/mol. The number of alkyl carbamates (subject to hydrolysis) is 1. The van der Waals surface area contributed by atoms with E-state index in [1.54, 1.807) is 39.0 Å². The van der Waals surface area contributed by atoms with E-state index in [0.29, 0.717) is 29.0 Å². The van der Waals surface area contributed by atoms with E-state index in [0.717, 1.165) is 12.1 Å². The number of alkyl halides is 3. The molecule has 0 saturated carbocycles. The van der Waals surface area contributed by atoms with Crippen molar-refractivity contribution in [1.29, 1.82) is 0 Å². The molecule has 2 aromatic rings. The third-order valence-corrected chi connectivity index (χ3v) is 5.72. The molecule has 2 heterocycles. The number of ether oxygens (including phenoxy) is 1. The van der Waals surface area contributed by atoms with E-state index in [9.17, 15) is 27.6 Å². The second-order valence-corrected chi connectivity index (χ2v) is 9.86. The van der Waals surface area contributed by atoms with Gasteiger partial charge in [-0.3, -0.25) is 9.59 Å². The summed E-state index contributed by atoms with van der Waals surface area (Å²) in [5.74, 6) is -1.11. The summed E-state index contributed by atoms with van der Waals surface area (Å²) in [4.78, 5) is 41.1. The van der Waals surface area contributed by atoms with Crippen molar-refractivity contribution in [1.82, 2.24) is 20.5 Å². The van der Waals surface area contributed by atoms with Crippen LogP contribution in [-0.2, 0) is 28.8 Å². The van der Waals surface area contributed by atoms with Gasteiger partial charge in [0, 0.05) is 24.7 Å². The standard InChI is InChI=1S/C24H28ClF3N4O4/c1-23(2,3)36-22(35)30-12-14-6-7-16(25)11-15(14)13-29-20(33)18-5-4-10-32(18)21(34)17-8-9-19(31-17)24(26,27)28/h6-9,11,18,31H,4-5,10,12-13H2,1-3H3,(H,29,33)(H,30,35)/t18-/m0/s1. The highest BCUT2D eigenvalue weighted by molar-refractivity contribution is 6.30. The van der Waals surface area contributed by atoms with Gasteiger partial charge in [-0.15, -0.1) is 0 Å². The molecule has 12 heteroatoms. The molecular formula is C24H28ClF3N4O4. The fourth-order valence-corrected chi connectivity index (χ4v) is 4.03. The van der Waals surface area contributed by atoms with Crippen molar-refractivity contribution < 1.29 is 32.3 Å². The number of likely N-dealkylation sites (tertiary alicyclic amines) is 1. The second kappa shape index (κ2) is 10.8. The lowest BCUT2D eigenvalue weighted by molar-refractivity contribution is -0.140. The number of nitrogens with one attached hydrogen (secondary N) is 3. The molecule has 3 amide bonds. The lowest BCUT2D eigenvalue weighted by Crippen LogP contribution is -2.46. The summed E-state index contributed by atoms with van der Waals surface area (Å²) in [5.41, 5.74) is -0.551. The van der Waals surface area contributed by atoms with E-state index >= 15 is 0 Å². The number of halogens is 4. The van der Waals surface area contributed by atoms with Crippen molar-refractivity contribution in [3.8, 4) is 0 Å². The number of nitrogens with zero attached hydrogens (tertiary/aromatic N) is 1. The zero-order valence-electron chi connectivity index (χ0n) is 20.1. The minimum atomic E-state index is -4.60. The molecular weight excluding hydrogens is 501 g/mol. The highest BCUT2D eigenvalue weighted by atomic mass is 35.5. The van der Waals surface area contributed by atoms with Crippen LogP contribution in [-0.4, -0.2) is 46.0 Å². The topological polar surface area (TPSA) is 104 Å².